The molecule has 0 saturated carbocycles. The average molecular weight is 180 g/mol. The lowest BCUT2D eigenvalue weighted by Crippen LogP contribution is -2.35. The van der Waals surface area contributed by atoms with E-state index in [1.165, 1.54) is 19.1 Å². The molecule has 68 valence electrons. The van der Waals surface area contributed by atoms with Gasteiger partial charge in [0.05, 0.1) is 0 Å². The smallest absolute Gasteiger partial charge is 0.489 e. The van der Waals surface area contributed by atoms with Gasteiger partial charge in [-0.2, -0.15) is 0 Å². The van der Waals surface area contributed by atoms with Crippen molar-refractivity contribution >= 4 is 18.9 Å². The molecule has 1 aromatic rings. The van der Waals surface area contributed by atoms with Gasteiger partial charge in [-0.05, 0) is 30.1 Å². The lowest BCUT2D eigenvalue weighted by Gasteiger charge is -2.08. The number of phenolic OH excluding ortho intramolecular Hbond substituents is 1. The third kappa shape index (κ3) is 1.71. The highest BCUT2D eigenvalue weighted by Crippen LogP contribution is 2.14. The van der Waals surface area contributed by atoms with Gasteiger partial charge in [0, 0.05) is 5.56 Å². The van der Waals surface area contributed by atoms with Crippen molar-refractivity contribution in [3.8, 4) is 5.75 Å². The highest BCUT2D eigenvalue weighted by atomic mass is 16.4. The number of aromatic hydroxyl groups is 1. The van der Waals surface area contributed by atoms with Crippen molar-refractivity contribution in [2.24, 2.45) is 0 Å². The molecular weight excluding hydrogens is 171 g/mol. The zero-order valence-corrected chi connectivity index (χ0v) is 7.06. The second kappa shape index (κ2) is 3.59. The Morgan fingerprint density at radius 1 is 1.38 bits per heavy atom. The molecule has 0 unspecified atom stereocenters. The van der Waals surface area contributed by atoms with Gasteiger partial charge in [0.25, 0.3) is 0 Å². The summed E-state index contributed by atoms with van der Waals surface area (Å²) >= 11 is 0. The number of phenols is 1. The topological polar surface area (TPSA) is 77.8 Å². The fourth-order valence-corrected chi connectivity index (χ4v) is 1.18. The van der Waals surface area contributed by atoms with Crippen LogP contribution >= 0.6 is 0 Å². The van der Waals surface area contributed by atoms with E-state index in [9.17, 15) is 9.90 Å². The molecule has 13 heavy (non-hydrogen) atoms. The Labute approximate surface area is 75.6 Å². The molecule has 0 aliphatic carbocycles. The second-order valence-corrected chi connectivity index (χ2v) is 2.70. The summed E-state index contributed by atoms with van der Waals surface area (Å²) in [5.74, 6) is -0.0614. The summed E-state index contributed by atoms with van der Waals surface area (Å²) in [6.07, 6.45) is 0.515. The Morgan fingerprint density at radius 3 is 2.46 bits per heavy atom. The van der Waals surface area contributed by atoms with E-state index < -0.39 is 7.12 Å². The van der Waals surface area contributed by atoms with E-state index in [0.717, 1.165) is 0 Å². The Hall–Kier alpha value is -1.33. The van der Waals surface area contributed by atoms with E-state index >= 15 is 0 Å². The predicted octanol–water partition coefficient (Wildman–Crippen LogP) is -0.807. The van der Waals surface area contributed by atoms with Crippen LogP contribution < -0.4 is 5.46 Å². The van der Waals surface area contributed by atoms with Gasteiger partial charge in [-0.1, -0.05) is 0 Å². The highest BCUT2D eigenvalue weighted by molar-refractivity contribution is 6.60. The largest absolute Gasteiger partial charge is 0.508 e. The molecule has 1 aromatic carbocycles. The fraction of sp³-hybridized carbons (Fsp3) is 0.125. The van der Waals surface area contributed by atoms with Crippen molar-refractivity contribution in [1.82, 2.24) is 0 Å². The molecule has 0 atom stereocenters. The van der Waals surface area contributed by atoms with Gasteiger partial charge < -0.3 is 15.2 Å². The molecule has 0 aliphatic rings. The van der Waals surface area contributed by atoms with Crippen LogP contribution in [0.25, 0.3) is 0 Å². The molecule has 0 bridgehead atoms. The minimum Gasteiger partial charge on any atom is -0.508 e. The summed E-state index contributed by atoms with van der Waals surface area (Å²) < 4.78 is 0. The lowest BCUT2D eigenvalue weighted by atomic mass is 9.74. The van der Waals surface area contributed by atoms with Gasteiger partial charge in [0.1, 0.15) is 12.0 Å². The molecule has 0 aromatic heterocycles. The maximum absolute atomic E-state index is 10.5. The minimum absolute atomic E-state index is 0.0509. The van der Waals surface area contributed by atoms with Crippen LogP contribution in [0.2, 0.25) is 0 Å². The summed E-state index contributed by atoms with van der Waals surface area (Å²) in [5, 5.41) is 27.1. The molecule has 0 fully saturated rings. The summed E-state index contributed by atoms with van der Waals surface area (Å²) in [7, 11) is -1.74. The molecule has 0 amide bonds. The van der Waals surface area contributed by atoms with Gasteiger partial charge in [0.2, 0.25) is 0 Å². The second-order valence-electron chi connectivity index (χ2n) is 2.70. The number of benzene rings is 1. The molecule has 0 heterocycles. The molecule has 0 spiro atoms. The van der Waals surface area contributed by atoms with E-state index in [1.54, 1.807) is 0 Å². The molecule has 1 rings (SSSR count). The Balaban J connectivity index is 3.41. The molecule has 0 aliphatic heterocycles. The van der Waals surface area contributed by atoms with Crippen molar-refractivity contribution in [1.29, 1.82) is 0 Å². The van der Waals surface area contributed by atoms with Crippen LogP contribution in [-0.4, -0.2) is 28.6 Å². The van der Waals surface area contributed by atoms with Gasteiger partial charge in [-0.25, -0.2) is 0 Å². The third-order valence-corrected chi connectivity index (χ3v) is 1.91. The Morgan fingerprint density at radius 2 is 2.00 bits per heavy atom. The quantitative estimate of drug-likeness (QED) is 0.411. The number of aldehydes is 1. The molecule has 4 nitrogen and oxygen atoms in total. The number of hydrogen-bond acceptors (Lipinski definition) is 4. The zero-order chi connectivity index (χ0) is 10.0. The standard InChI is InChI=1S/C8H9BO4/c1-5-7(11)3-2-6(4-10)8(5)9(12)13/h2-4,11-13H,1H3. The molecule has 3 N–H and O–H groups in total. The van der Waals surface area contributed by atoms with Gasteiger partial charge in [-0.3, -0.25) is 4.79 Å². The van der Waals surface area contributed by atoms with E-state index in [-0.39, 0.29) is 16.8 Å². The molecule has 0 saturated heterocycles. The van der Waals surface area contributed by atoms with Crippen molar-refractivity contribution in [2.75, 3.05) is 0 Å². The van der Waals surface area contributed by atoms with Crippen LogP contribution in [-0.2, 0) is 0 Å². The molecule has 0 radical (unpaired) electrons. The van der Waals surface area contributed by atoms with Crippen LogP contribution in [0.1, 0.15) is 15.9 Å². The van der Waals surface area contributed by atoms with Crippen LogP contribution in [0.5, 0.6) is 5.75 Å². The van der Waals surface area contributed by atoms with Crippen LogP contribution in [0.3, 0.4) is 0 Å². The predicted molar refractivity (Wildman–Crippen MR) is 48.1 cm³/mol. The van der Waals surface area contributed by atoms with E-state index in [2.05, 4.69) is 0 Å². The van der Waals surface area contributed by atoms with Gasteiger partial charge >= 0.3 is 7.12 Å². The Kier molecular flexibility index (Phi) is 2.70. The van der Waals surface area contributed by atoms with Crippen molar-refractivity contribution < 1.29 is 19.9 Å². The van der Waals surface area contributed by atoms with Crippen molar-refractivity contribution in [3.05, 3.63) is 23.3 Å². The SMILES string of the molecule is Cc1c(O)ccc(C=O)c1B(O)O. The normalized spacial score (nSPS) is 9.77. The summed E-state index contributed by atoms with van der Waals surface area (Å²) in [4.78, 5) is 10.5. The first-order valence-corrected chi connectivity index (χ1v) is 3.71. The summed E-state index contributed by atoms with van der Waals surface area (Å²) in [5.41, 5.74) is 0.528. The molecule has 5 heteroatoms. The first-order valence-electron chi connectivity index (χ1n) is 3.71. The van der Waals surface area contributed by atoms with Crippen LogP contribution in [0.4, 0.5) is 0 Å². The third-order valence-electron chi connectivity index (χ3n) is 1.91. The maximum Gasteiger partial charge on any atom is 0.489 e. The lowest BCUT2D eigenvalue weighted by molar-refractivity contribution is 0.112. The average Bonchev–Trinajstić information content (AvgIpc) is 2.08. The minimum atomic E-state index is -1.74. The van der Waals surface area contributed by atoms with Crippen LogP contribution in [0, 0.1) is 6.92 Å². The van der Waals surface area contributed by atoms with E-state index in [0.29, 0.717) is 11.8 Å². The summed E-state index contributed by atoms with van der Waals surface area (Å²) in [6.45, 7) is 1.51. The van der Waals surface area contributed by atoms with Crippen molar-refractivity contribution in [3.63, 3.8) is 0 Å². The van der Waals surface area contributed by atoms with Crippen LogP contribution in [0.15, 0.2) is 12.1 Å². The number of hydrogen-bond donors (Lipinski definition) is 3. The highest BCUT2D eigenvalue weighted by Gasteiger charge is 2.20. The first kappa shape index (κ1) is 9.76. The van der Waals surface area contributed by atoms with Gasteiger partial charge in [0.15, 0.2) is 0 Å². The monoisotopic (exact) mass is 180 g/mol. The maximum atomic E-state index is 10.5. The summed E-state index contributed by atoms with van der Waals surface area (Å²) in [6, 6.07) is 2.68. The van der Waals surface area contributed by atoms with Crippen molar-refractivity contribution in [2.45, 2.75) is 6.92 Å². The van der Waals surface area contributed by atoms with E-state index in [1.807, 2.05) is 0 Å². The number of rotatable bonds is 2. The molecular formula is C8H9BO4. The number of carbonyl (C=O) groups excluding carboxylic acids is 1. The Bertz CT molecular complexity index is 335. The zero-order valence-electron chi connectivity index (χ0n) is 7.06. The van der Waals surface area contributed by atoms with E-state index in [4.69, 9.17) is 10.0 Å². The first-order chi connectivity index (χ1) is 6.07. The van der Waals surface area contributed by atoms with Gasteiger partial charge in [-0.15, -0.1) is 0 Å². The fourth-order valence-electron chi connectivity index (χ4n) is 1.18. The number of carbonyl (C=O) groups is 1.